The van der Waals surface area contributed by atoms with Crippen LogP contribution >= 0.6 is 0 Å². The number of amides is 1. The fraction of sp³-hybridized carbons (Fsp3) is 0.500. The Morgan fingerprint density at radius 3 is 2.61 bits per heavy atom. The van der Waals surface area contributed by atoms with E-state index in [9.17, 15) is 4.79 Å². The van der Waals surface area contributed by atoms with E-state index in [4.69, 9.17) is 10.5 Å². The molecule has 4 heteroatoms. The Hall–Kier alpha value is -1.55. The standard InChI is InChI=1S/C14H22N2O2/c1-10(2)12-7-11(5-6-13(12)18-4)8-16(3)9-14(15)17/h5-7,10H,8-9H2,1-4H3,(H2,15,17). The summed E-state index contributed by atoms with van der Waals surface area (Å²) in [7, 11) is 3.56. The van der Waals surface area contributed by atoms with Gasteiger partial charge in [-0.2, -0.15) is 0 Å². The predicted molar refractivity (Wildman–Crippen MR) is 72.6 cm³/mol. The van der Waals surface area contributed by atoms with Crippen molar-refractivity contribution in [2.75, 3.05) is 20.7 Å². The minimum atomic E-state index is -0.310. The second-order valence-corrected chi connectivity index (χ2v) is 4.87. The number of hydrogen-bond donors (Lipinski definition) is 1. The molecule has 100 valence electrons. The molecule has 0 saturated carbocycles. The average Bonchev–Trinajstić information content (AvgIpc) is 2.27. The highest BCUT2D eigenvalue weighted by atomic mass is 16.5. The molecule has 0 atom stereocenters. The van der Waals surface area contributed by atoms with Crippen molar-refractivity contribution in [1.29, 1.82) is 0 Å². The summed E-state index contributed by atoms with van der Waals surface area (Å²) >= 11 is 0. The number of ether oxygens (including phenoxy) is 1. The van der Waals surface area contributed by atoms with Crippen molar-refractivity contribution in [3.05, 3.63) is 29.3 Å². The van der Waals surface area contributed by atoms with Gasteiger partial charge in [0.05, 0.1) is 13.7 Å². The van der Waals surface area contributed by atoms with Gasteiger partial charge in [0, 0.05) is 6.54 Å². The second kappa shape index (κ2) is 6.40. The van der Waals surface area contributed by atoms with Gasteiger partial charge in [-0.3, -0.25) is 9.69 Å². The lowest BCUT2D eigenvalue weighted by Gasteiger charge is -2.17. The lowest BCUT2D eigenvalue weighted by atomic mass is 9.99. The van der Waals surface area contributed by atoms with E-state index in [2.05, 4.69) is 19.9 Å². The fourth-order valence-electron chi connectivity index (χ4n) is 1.97. The van der Waals surface area contributed by atoms with Crippen LogP contribution in [0.3, 0.4) is 0 Å². The lowest BCUT2D eigenvalue weighted by Crippen LogP contribution is -2.30. The molecule has 0 spiro atoms. The second-order valence-electron chi connectivity index (χ2n) is 4.87. The van der Waals surface area contributed by atoms with Crippen LogP contribution in [0.1, 0.15) is 30.9 Å². The van der Waals surface area contributed by atoms with Crippen molar-refractivity contribution in [2.45, 2.75) is 26.3 Å². The van der Waals surface area contributed by atoms with Crippen molar-refractivity contribution >= 4 is 5.91 Å². The molecule has 0 aliphatic rings. The molecule has 4 nitrogen and oxygen atoms in total. The molecule has 0 aliphatic carbocycles. The molecule has 1 aromatic rings. The van der Waals surface area contributed by atoms with Crippen molar-refractivity contribution in [2.24, 2.45) is 5.73 Å². The van der Waals surface area contributed by atoms with E-state index in [0.717, 1.165) is 11.3 Å². The van der Waals surface area contributed by atoms with Crippen LogP contribution in [0.5, 0.6) is 5.75 Å². The maximum Gasteiger partial charge on any atom is 0.231 e. The summed E-state index contributed by atoms with van der Waals surface area (Å²) in [4.78, 5) is 12.7. The van der Waals surface area contributed by atoms with Gasteiger partial charge in [0.2, 0.25) is 5.91 Å². The molecular formula is C14H22N2O2. The Balaban J connectivity index is 2.84. The third kappa shape index (κ3) is 4.04. The summed E-state index contributed by atoms with van der Waals surface area (Å²) in [6.07, 6.45) is 0. The molecule has 1 amide bonds. The van der Waals surface area contributed by atoms with E-state index in [1.54, 1.807) is 7.11 Å². The van der Waals surface area contributed by atoms with Crippen LogP contribution in [0.15, 0.2) is 18.2 Å². The lowest BCUT2D eigenvalue weighted by molar-refractivity contribution is -0.118. The van der Waals surface area contributed by atoms with E-state index >= 15 is 0 Å². The highest BCUT2D eigenvalue weighted by Crippen LogP contribution is 2.27. The Bertz CT molecular complexity index is 416. The van der Waals surface area contributed by atoms with E-state index in [0.29, 0.717) is 12.5 Å². The molecule has 1 aromatic carbocycles. The molecule has 0 aliphatic heterocycles. The third-order valence-electron chi connectivity index (χ3n) is 2.79. The fourth-order valence-corrected chi connectivity index (χ4v) is 1.97. The van der Waals surface area contributed by atoms with Crippen molar-refractivity contribution in [3.63, 3.8) is 0 Å². The number of primary amides is 1. The van der Waals surface area contributed by atoms with Gasteiger partial charge < -0.3 is 10.5 Å². The predicted octanol–water partition coefficient (Wildman–Crippen LogP) is 1.74. The van der Waals surface area contributed by atoms with Gasteiger partial charge in [-0.15, -0.1) is 0 Å². The zero-order valence-corrected chi connectivity index (χ0v) is 11.6. The zero-order chi connectivity index (χ0) is 13.7. The third-order valence-corrected chi connectivity index (χ3v) is 2.79. The van der Waals surface area contributed by atoms with Crippen molar-refractivity contribution in [3.8, 4) is 5.75 Å². The Labute approximate surface area is 109 Å². The Morgan fingerprint density at radius 2 is 2.11 bits per heavy atom. The topological polar surface area (TPSA) is 55.6 Å². The van der Waals surface area contributed by atoms with Crippen LogP contribution in [0.25, 0.3) is 0 Å². The van der Waals surface area contributed by atoms with Crippen LogP contribution in [0.4, 0.5) is 0 Å². The number of methoxy groups -OCH3 is 1. The van der Waals surface area contributed by atoms with E-state index in [1.807, 2.05) is 24.1 Å². The van der Waals surface area contributed by atoms with E-state index < -0.39 is 0 Å². The summed E-state index contributed by atoms with van der Waals surface area (Å²) in [5, 5.41) is 0. The molecule has 0 heterocycles. The molecule has 0 radical (unpaired) electrons. The van der Waals surface area contributed by atoms with Gasteiger partial charge in [0.1, 0.15) is 5.75 Å². The van der Waals surface area contributed by atoms with Crippen LogP contribution in [-0.2, 0) is 11.3 Å². The quantitative estimate of drug-likeness (QED) is 0.836. The first-order chi connectivity index (χ1) is 8.43. The average molecular weight is 250 g/mol. The van der Waals surface area contributed by atoms with Crippen molar-refractivity contribution in [1.82, 2.24) is 4.90 Å². The van der Waals surface area contributed by atoms with Gasteiger partial charge in [-0.05, 0) is 30.2 Å². The monoisotopic (exact) mass is 250 g/mol. The first-order valence-electron chi connectivity index (χ1n) is 6.07. The number of rotatable bonds is 6. The van der Waals surface area contributed by atoms with Crippen LogP contribution in [0, 0.1) is 0 Å². The van der Waals surface area contributed by atoms with E-state index in [1.165, 1.54) is 5.56 Å². The van der Waals surface area contributed by atoms with Crippen LogP contribution in [-0.4, -0.2) is 31.5 Å². The number of nitrogens with zero attached hydrogens (tertiary/aromatic N) is 1. The Morgan fingerprint density at radius 1 is 1.44 bits per heavy atom. The van der Waals surface area contributed by atoms with Crippen LogP contribution < -0.4 is 10.5 Å². The molecule has 1 rings (SSSR count). The van der Waals surface area contributed by atoms with Gasteiger partial charge in [0.25, 0.3) is 0 Å². The number of benzene rings is 1. The maximum absolute atomic E-state index is 10.8. The molecule has 0 saturated heterocycles. The summed E-state index contributed by atoms with van der Waals surface area (Å²) in [6, 6.07) is 6.12. The molecule has 0 bridgehead atoms. The van der Waals surface area contributed by atoms with E-state index in [-0.39, 0.29) is 12.5 Å². The smallest absolute Gasteiger partial charge is 0.231 e. The summed E-state index contributed by atoms with van der Waals surface area (Å²) < 4.78 is 5.34. The zero-order valence-electron chi connectivity index (χ0n) is 11.6. The normalized spacial score (nSPS) is 11.0. The van der Waals surface area contributed by atoms with Crippen molar-refractivity contribution < 1.29 is 9.53 Å². The van der Waals surface area contributed by atoms with Gasteiger partial charge in [0.15, 0.2) is 0 Å². The summed E-state index contributed by atoms with van der Waals surface area (Å²) in [5.41, 5.74) is 7.51. The largest absolute Gasteiger partial charge is 0.496 e. The molecule has 0 unspecified atom stereocenters. The van der Waals surface area contributed by atoms with Crippen LogP contribution in [0.2, 0.25) is 0 Å². The molecule has 18 heavy (non-hydrogen) atoms. The minimum absolute atomic E-state index is 0.267. The Kier molecular flexibility index (Phi) is 5.16. The van der Waals surface area contributed by atoms with Gasteiger partial charge >= 0.3 is 0 Å². The molecule has 0 fully saturated rings. The number of likely N-dealkylation sites (N-methyl/N-ethyl adjacent to an activating group) is 1. The highest BCUT2D eigenvalue weighted by Gasteiger charge is 2.10. The number of nitrogens with two attached hydrogens (primary N) is 1. The molecule has 0 aromatic heterocycles. The minimum Gasteiger partial charge on any atom is -0.496 e. The van der Waals surface area contributed by atoms with Gasteiger partial charge in [-0.1, -0.05) is 26.0 Å². The molecular weight excluding hydrogens is 228 g/mol. The molecule has 2 N–H and O–H groups in total. The first-order valence-corrected chi connectivity index (χ1v) is 6.07. The summed E-state index contributed by atoms with van der Waals surface area (Å²) in [6.45, 7) is 5.24. The SMILES string of the molecule is COc1ccc(CN(C)CC(N)=O)cc1C(C)C. The number of carbonyl (C=O) groups excluding carboxylic acids is 1. The summed E-state index contributed by atoms with van der Waals surface area (Å²) in [5.74, 6) is 1.00. The van der Waals surface area contributed by atoms with Gasteiger partial charge in [-0.25, -0.2) is 0 Å². The highest BCUT2D eigenvalue weighted by molar-refractivity contribution is 5.75. The first kappa shape index (κ1) is 14.5. The number of carbonyl (C=O) groups is 1. The maximum atomic E-state index is 10.8. The number of hydrogen-bond acceptors (Lipinski definition) is 3.